The zero-order chi connectivity index (χ0) is 18.0. The van der Waals surface area contributed by atoms with Crippen molar-refractivity contribution < 1.29 is 13.5 Å². The fourth-order valence-electron chi connectivity index (χ4n) is 2.85. The van der Waals surface area contributed by atoms with Gasteiger partial charge in [0.25, 0.3) is 0 Å². The lowest BCUT2D eigenvalue weighted by molar-refractivity contribution is 0.109. The highest BCUT2D eigenvalue weighted by molar-refractivity contribution is 5.31. The van der Waals surface area contributed by atoms with Crippen LogP contribution in [0.5, 0.6) is 5.75 Å². The predicted octanol–water partition coefficient (Wildman–Crippen LogP) is 5.95. The second-order valence-electron chi connectivity index (χ2n) is 8.15. The van der Waals surface area contributed by atoms with Crippen LogP contribution in [0.2, 0.25) is 0 Å². The highest BCUT2D eigenvalue weighted by Crippen LogP contribution is 2.28. The third kappa shape index (κ3) is 5.63. The summed E-state index contributed by atoms with van der Waals surface area (Å²) in [6, 6.07) is 11.1. The van der Waals surface area contributed by atoms with Crippen molar-refractivity contribution in [1.82, 2.24) is 0 Å². The average molecular weight is 332 g/mol. The Labute approximate surface area is 143 Å². The van der Waals surface area contributed by atoms with Crippen LogP contribution >= 0.6 is 0 Å². The fraction of sp³-hybridized carbons (Fsp3) is 0.429. The van der Waals surface area contributed by atoms with E-state index in [2.05, 4.69) is 20.8 Å². The first-order valence-corrected chi connectivity index (χ1v) is 8.26. The molecule has 1 nitrogen and oxygen atoms in total. The standard InChI is InChI=1S/C21H26F2O/c1-20(2,3)13-16-11-18(23)10-9-15(16)14-21(4,5)24-19-8-6-7-17(22)12-19/h6-12H,13-14H2,1-5H3. The highest BCUT2D eigenvalue weighted by atomic mass is 19.1. The van der Waals surface area contributed by atoms with Gasteiger partial charge in [0.2, 0.25) is 0 Å². The van der Waals surface area contributed by atoms with Crippen LogP contribution in [-0.2, 0) is 12.8 Å². The Hall–Kier alpha value is -1.90. The maximum atomic E-state index is 13.7. The Morgan fingerprint density at radius 3 is 2.08 bits per heavy atom. The van der Waals surface area contributed by atoms with Gasteiger partial charge in [0.1, 0.15) is 23.0 Å². The summed E-state index contributed by atoms with van der Waals surface area (Å²) in [7, 11) is 0. The monoisotopic (exact) mass is 332 g/mol. The quantitative estimate of drug-likeness (QED) is 0.657. The Kier molecular flexibility index (Phi) is 5.32. The van der Waals surface area contributed by atoms with Crippen molar-refractivity contribution in [2.75, 3.05) is 0 Å². The second kappa shape index (κ2) is 6.92. The molecule has 0 fully saturated rings. The van der Waals surface area contributed by atoms with Crippen LogP contribution in [0.3, 0.4) is 0 Å². The lowest BCUT2D eigenvalue weighted by Gasteiger charge is -2.29. The van der Waals surface area contributed by atoms with E-state index in [0.29, 0.717) is 12.2 Å². The Bertz CT molecular complexity index is 699. The molecule has 0 unspecified atom stereocenters. The lowest BCUT2D eigenvalue weighted by atomic mass is 9.84. The van der Waals surface area contributed by atoms with Gasteiger partial charge in [-0.3, -0.25) is 0 Å². The number of rotatable bonds is 5. The van der Waals surface area contributed by atoms with E-state index in [0.717, 1.165) is 17.5 Å². The molecule has 0 N–H and O–H groups in total. The third-order valence-electron chi connectivity index (χ3n) is 3.70. The fourth-order valence-corrected chi connectivity index (χ4v) is 2.85. The van der Waals surface area contributed by atoms with E-state index in [1.165, 1.54) is 18.2 Å². The van der Waals surface area contributed by atoms with Crippen molar-refractivity contribution in [3.8, 4) is 5.75 Å². The summed E-state index contributed by atoms with van der Waals surface area (Å²) in [4.78, 5) is 0. The summed E-state index contributed by atoms with van der Waals surface area (Å²) in [5.74, 6) is -0.0418. The Balaban J connectivity index is 2.22. The number of benzene rings is 2. The number of hydrogen-bond donors (Lipinski definition) is 0. The first-order chi connectivity index (χ1) is 11.0. The molecule has 0 aromatic heterocycles. The zero-order valence-electron chi connectivity index (χ0n) is 15.1. The first kappa shape index (κ1) is 18.4. The van der Waals surface area contributed by atoms with Crippen molar-refractivity contribution in [3.05, 3.63) is 65.2 Å². The van der Waals surface area contributed by atoms with Gasteiger partial charge in [0, 0.05) is 12.5 Å². The molecule has 0 amide bonds. The van der Waals surface area contributed by atoms with Crippen LogP contribution in [0.1, 0.15) is 45.7 Å². The largest absolute Gasteiger partial charge is 0.487 e. The van der Waals surface area contributed by atoms with Gasteiger partial charge in [0.05, 0.1) is 0 Å². The Morgan fingerprint density at radius 2 is 1.46 bits per heavy atom. The van der Waals surface area contributed by atoms with Gasteiger partial charge >= 0.3 is 0 Å². The molecule has 130 valence electrons. The van der Waals surface area contributed by atoms with Crippen molar-refractivity contribution in [1.29, 1.82) is 0 Å². The van der Waals surface area contributed by atoms with Gasteiger partial charge in [-0.2, -0.15) is 0 Å². The summed E-state index contributed by atoms with van der Waals surface area (Å²) < 4.78 is 33.0. The molecule has 0 heterocycles. The van der Waals surface area contributed by atoms with E-state index in [4.69, 9.17) is 4.74 Å². The Morgan fingerprint density at radius 1 is 0.792 bits per heavy atom. The average Bonchev–Trinajstić information content (AvgIpc) is 2.39. The van der Waals surface area contributed by atoms with E-state index in [1.54, 1.807) is 18.2 Å². The SMILES string of the molecule is CC(C)(C)Cc1cc(F)ccc1CC(C)(C)Oc1cccc(F)c1. The summed E-state index contributed by atoms with van der Waals surface area (Å²) in [5, 5.41) is 0. The molecule has 0 saturated carbocycles. The third-order valence-corrected chi connectivity index (χ3v) is 3.70. The predicted molar refractivity (Wildman–Crippen MR) is 94.4 cm³/mol. The van der Waals surface area contributed by atoms with Crippen molar-refractivity contribution in [2.24, 2.45) is 5.41 Å². The molecular formula is C21H26F2O. The number of ether oxygens (including phenoxy) is 1. The minimum atomic E-state index is -0.530. The van der Waals surface area contributed by atoms with E-state index in [1.807, 2.05) is 19.9 Å². The minimum Gasteiger partial charge on any atom is -0.487 e. The first-order valence-electron chi connectivity index (χ1n) is 8.26. The summed E-state index contributed by atoms with van der Waals surface area (Å²) in [6.07, 6.45) is 1.41. The van der Waals surface area contributed by atoms with Crippen LogP contribution in [0.4, 0.5) is 8.78 Å². The zero-order valence-corrected chi connectivity index (χ0v) is 15.1. The summed E-state index contributed by atoms with van der Waals surface area (Å²) in [6.45, 7) is 10.3. The summed E-state index contributed by atoms with van der Waals surface area (Å²) in [5.41, 5.74) is 1.60. The normalized spacial score (nSPS) is 12.3. The molecule has 0 aliphatic heterocycles. The van der Waals surface area contributed by atoms with E-state index < -0.39 is 5.60 Å². The molecule has 2 aromatic rings. The van der Waals surface area contributed by atoms with E-state index in [-0.39, 0.29) is 17.0 Å². The molecule has 0 atom stereocenters. The van der Waals surface area contributed by atoms with Crippen LogP contribution in [0.25, 0.3) is 0 Å². The van der Waals surface area contributed by atoms with Crippen LogP contribution in [0.15, 0.2) is 42.5 Å². The molecule has 3 heteroatoms. The maximum absolute atomic E-state index is 13.7. The molecule has 0 radical (unpaired) electrons. The molecule has 2 aromatic carbocycles. The second-order valence-corrected chi connectivity index (χ2v) is 8.15. The van der Waals surface area contributed by atoms with Crippen molar-refractivity contribution in [3.63, 3.8) is 0 Å². The van der Waals surface area contributed by atoms with Gasteiger partial charge in [-0.25, -0.2) is 8.78 Å². The molecule has 0 aliphatic carbocycles. The van der Waals surface area contributed by atoms with Gasteiger partial charge in [-0.1, -0.05) is 32.9 Å². The smallest absolute Gasteiger partial charge is 0.126 e. The van der Waals surface area contributed by atoms with E-state index >= 15 is 0 Å². The van der Waals surface area contributed by atoms with Gasteiger partial charge in [-0.05, 0) is 61.1 Å². The van der Waals surface area contributed by atoms with E-state index in [9.17, 15) is 8.78 Å². The summed E-state index contributed by atoms with van der Waals surface area (Å²) >= 11 is 0. The maximum Gasteiger partial charge on any atom is 0.126 e. The van der Waals surface area contributed by atoms with Crippen LogP contribution in [-0.4, -0.2) is 5.60 Å². The molecule has 24 heavy (non-hydrogen) atoms. The number of hydrogen-bond acceptors (Lipinski definition) is 1. The molecule has 0 bridgehead atoms. The molecule has 0 saturated heterocycles. The van der Waals surface area contributed by atoms with Gasteiger partial charge < -0.3 is 4.74 Å². The molecule has 0 spiro atoms. The van der Waals surface area contributed by atoms with Gasteiger partial charge in [-0.15, -0.1) is 0 Å². The highest BCUT2D eigenvalue weighted by Gasteiger charge is 2.24. The van der Waals surface area contributed by atoms with Gasteiger partial charge in [0.15, 0.2) is 0 Å². The van der Waals surface area contributed by atoms with Crippen LogP contribution < -0.4 is 4.74 Å². The topological polar surface area (TPSA) is 9.23 Å². The minimum absolute atomic E-state index is 0.0656. The van der Waals surface area contributed by atoms with Crippen LogP contribution in [0, 0.1) is 17.0 Å². The molecule has 0 aliphatic rings. The number of halogens is 2. The van der Waals surface area contributed by atoms with Crippen molar-refractivity contribution >= 4 is 0 Å². The molecule has 2 rings (SSSR count). The lowest BCUT2D eigenvalue weighted by Crippen LogP contribution is -2.31. The molecular weight excluding hydrogens is 306 g/mol. The van der Waals surface area contributed by atoms with Crippen molar-refractivity contribution in [2.45, 2.75) is 53.1 Å².